The molecule has 0 bridgehead atoms. The summed E-state index contributed by atoms with van der Waals surface area (Å²) in [6.07, 6.45) is 10.0. The standard InChI is InChI=1S/C25H31NO2Se/c1-20(2)10-8-11-21(3)12-9-15-22-13-4-5-14-23(22)18-19-29-25-17-7-6-16-24(25)26(27)28/h4-7,10,12-14,16-17H,8-9,11,15,18-19H2,1-3H3. The third kappa shape index (κ3) is 8.39. The summed E-state index contributed by atoms with van der Waals surface area (Å²) in [5.74, 6) is 0. The molecule has 0 aliphatic heterocycles. The number of benzene rings is 2. The summed E-state index contributed by atoms with van der Waals surface area (Å²) >= 11 is 0.109. The number of para-hydroxylation sites is 1. The molecule has 0 N–H and O–H groups in total. The van der Waals surface area contributed by atoms with Crippen LogP contribution < -0.4 is 4.46 Å². The van der Waals surface area contributed by atoms with Crippen LogP contribution in [0.3, 0.4) is 0 Å². The fourth-order valence-electron chi connectivity index (χ4n) is 3.21. The molecule has 0 fully saturated rings. The van der Waals surface area contributed by atoms with E-state index >= 15 is 0 Å². The summed E-state index contributed by atoms with van der Waals surface area (Å²) in [7, 11) is 0. The Balaban J connectivity index is 1.89. The van der Waals surface area contributed by atoms with Crippen LogP contribution in [0.1, 0.15) is 51.2 Å². The number of aryl methyl sites for hydroxylation is 2. The topological polar surface area (TPSA) is 43.1 Å². The van der Waals surface area contributed by atoms with Crippen LogP contribution >= 0.6 is 0 Å². The minimum atomic E-state index is -0.267. The van der Waals surface area contributed by atoms with E-state index in [0.29, 0.717) is 0 Å². The van der Waals surface area contributed by atoms with Crippen LogP contribution in [0.25, 0.3) is 0 Å². The van der Waals surface area contributed by atoms with Crippen molar-refractivity contribution in [1.82, 2.24) is 0 Å². The van der Waals surface area contributed by atoms with Crippen molar-refractivity contribution in [3.05, 3.63) is 93.1 Å². The van der Waals surface area contributed by atoms with Gasteiger partial charge >= 0.3 is 167 Å². The number of hydrogen-bond donors (Lipinski definition) is 0. The number of allylic oxidation sites excluding steroid dienone is 4. The summed E-state index contributed by atoms with van der Waals surface area (Å²) in [5, 5.41) is 12.2. The van der Waals surface area contributed by atoms with E-state index in [1.165, 1.54) is 22.3 Å². The Kier molecular flexibility index (Phi) is 9.90. The molecule has 0 aliphatic carbocycles. The van der Waals surface area contributed by atoms with Gasteiger partial charge < -0.3 is 0 Å². The van der Waals surface area contributed by atoms with E-state index in [1.807, 2.05) is 12.1 Å². The van der Waals surface area contributed by atoms with Gasteiger partial charge in [-0.1, -0.05) is 0 Å². The second kappa shape index (κ2) is 12.4. The summed E-state index contributed by atoms with van der Waals surface area (Å²) in [6.45, 7) is 6.51. The summed E-state index contributed by atoms with van der Waals surface area (Å²) in [4.78, 5) is 10.9. The van der Waals surface area contributed by atoms with Crippen LogP contribution in [-0.2, 0) is 12.8 Å². The van der Waals surface area contributed by atoms with E-state index < -0.39 is 0 Å². The number of hydrogen-bond acceptors (Lipinski definition) is 2. The summed E-state index contributed by atoms with van der Waals surface area (Å²) in [5.41, 5.74) is 5.88. The van der Waals surface area contributed by atoms with Gasteiger partial charge in [0.25, 0.3) is 0 Å². The molecule has 2 rings (SSSR count). The Morgan fingerprint density at radius 1 is 0.931 bits per heavy atom. The second-order valence-electron chi connectivity index (χ2n) is 7.50. The first-order valence-electron chi connectivity index (χ1n) is 10.2. The van der Waals surface area contributed by atoms with Crippen molar-refractivity contribution >= 4 is 25.1 Å². The molecule has 4 heteroatoms. The predicted molar refractivity (Wildman–Crippen MR) is 124 cm³/mol. The normalized spacial score (nSPS) is 11.3. The maximum absolute atomic E-state index is 11.2. The van der Waals surface area contributed by atoms with Gasteiger partial charge in [0, 0.05) is 0 Å². The van der Waals surface area contributed by atoms with Crippen molar-refractivity contribution < 1.29 is 4.92 Å². The summed E-state index contributed by atoms with van der Waals surface area (Å²) < 4.78 is 0.886. The number of rotatable bonds is 11. The van der Waals surface area contributed by atoms with E-state index in [4.69, 9.17) is 0 Å². The molecular formula is C25H31NO2Se. The Morgan fingerprint density at radius 3 is 2.28 bits per heavy atom. The van der Waals surface area contributed by atoms with Crippen molar-refractivity contribution in [2.24, 2.45) is 0 Å². The molecule has 0 aromatic heterocycles. The molecule has 0 amide bonds. The molecule has 0 atom stereocenters. The number of nitrogens with zero attached hydrogens (tertiary/aromatic N) is 1. The Labute approximate surface area is 181 Å². The van der Waals surface area contributed by atoms with Gasteiger partial charge in [0.2, 0.25) is 0 Å². The van der Waals surface area contributed by atoms with Crippen LogP contribution in [0.4, 0.5) is 5.69 Å². The Morgan fingerprint density at radius 2 is 1.59 bits per heavy atom. The fourth-order valence-corrected chi connectivity index (χ4v) is 5.32. The zero-order valence-corrected chi connectivity index (χ0v) is 19.4. The molecule has 2 aromatic carbocycles. The van der Waals surface area contributed by atoms with Crippen LogP contribution in [0.2, 0.25) is 5.32 Å². The molecule has 29 heavy (non-hydrogen) atoms. The van der Waals surface area contributed by atoms with Crippen LogP contribution in [0.5, 0.6) is 0 Å². The van der Waals surface area contributed by atoms with Gasteiger partial charge in [0.15, 0.2) is 0 Å². The molecule has 0 unspecified atom stereocenters. The van der Waals surface area contributed by atoms with Gasteiger partial charge in [-0.15, -0.1) is 0 Å². The van der Waals surface area contributed by atoms with Gasteiger partial charge in [-0.3, -0.25) is 0 Å². The molecule has 154 valence electrons. The zero-order chi connectivity index (χ0) is 21.1. The van der Waals surface area contributed by atoms with Crippen molar-refractivity contribution in [2.45, 2.75) is 58.2 Å². The zero-order valence-electron chi connectivity index (χ0n) is 17.7. The third-order valence-corrected chi connectivity index (χ3v) is 7.04. The van der Waals surface area contributed by atoms with Crippen molar-refractivity contribution in [1.29, 1.82) is 0 Å². The first kappa shape index (κ1) is 23.1. The number of nitro benzene ring substituents is 1. The Hall–Kier alpha value is -2.16. The second-order valence-corrected chi connectivity index (χ2v) is 9.89. The minimum absolute atomic E-state index is 0.109. The monoisotopic (exact) mass is 457 g/mol. The van der Waals surface area contributed by atoms with Gasteiger partial charge in [-0.05, 0) is 13.8 Å². The average Bonchev–Trinajstić information content (AvgIpc) is 2.69. The van der Waals surface area contributed by atoms with Crippen molar-refractivity contribution in [3.63, 3.8) is 0 Å². The first-order valence-corrected chi connectivity index (χ1v) is 12.3. The SMILES string of the molecule is CC(C)=CCCC(C)=CCCc1ccccc1CC[Se]c1ccccc1[N+](=O)[O-]. The molecule has 0 aliphatic rings. The van der Waals surface area contributed by atoms with E-state index in [-0.39, 0.29) is 25.6 Å². The molecule has 3 nitrogen and oxygen atoms in total. The molecule has 0 saturated carbocycles. The quantitative estimate of drug-likeness (QED) is 0.175. The van der Waals surface area contributed by atoms with E-state index in [9.17, 15) is 10.1 Å². The predicted octanol–water partition coefficient (Wildman–Crippen LogP) is 6.21. The van der Waals surface area contributed by atoms with Crippen molar-refractivity contribution in [3.8, 4) is 0 Å². The van der Waals surface area contributed by atoms with Gasteiger partial charge in [0.1, 0.15) is 0 Å². The van der Waals surface area contributed by atoms with Gasteiger partial charge in [-0.25, -0.2) is 0 Å². The maximum atomic E-state index is 11.2. The Bertz CT molecular complexity index is 867. The van der Waals surface area contributed by atoms with Crippen LogP contribution in [0, 0.1) is 10.1 Å². The fraction of sp³-hybridized carbons (Fsp3) is 0.360. The number of nitro groups is 1. The van der Waals surface area contributed by atoms with E-state index in [0.717, 1.165) is 41.9 Å². The average molecular weight is 456 g/mol. The van der Waals surface area contributed by atoms with Gasteiger partial charge in [0.05, 0.1) is 0 Å². The van der Waals surface area contributed by atoms with E-state index in [2.05, 4.69) is 57.2 Å². The molecular weight excluding hydrogens is 425 g/mol. The molecule has 0 radical (unpaired) electrons. The molecule has 0 spiro atoms. The summed E-state index contributed by atoms with van der Waals surface area (Å²) in [6, 6.07) is 15.8. The first-order chi connectivity index (χ1) is 14.0. The van der Waals surface area contributed by atoms with Crippen LogP contribution in [0.15, 0.2) is 71.8 Å². The third-order valence-electron chi connectivity index (χ3n) is 4.81. The van der Waals surface area contributed by atoms with Crippen LogP contribution in [-0.4, -0.2) is 19.9 Å². The van der Waals surface area contributed by atoms with E-state index in [1.54, 1.807) is 12.1 Å². The molecule has 0 heterocycles. The molecule has 2 aromatic rings. The molecule has 0 saturated heterocycles. The van der Waals surface area contributed by atoms with Gasteiger partial charge in [-0.2, -0.15) is 0 Å². The van der Waals surface area contributed by atoms with Crippen molar-refractivity contribution in [2.75, 3.05) is 0 Å².